The van der Waals surface area contributed by atoms with Crippen LogP contribution in [0.4, 0.5) is 5.69 Å². The molecular weight excluding hydrogens is 412 g/mol. The lowest BCUT2D eigenvalue weighted by molar-refractivity contribution is -0.117. The molecule has 1 aliphatic carbocycles. The van der Waals surface area contributed by atoms with Crippen LogP contribution >= 0.6 is 0 Å². The fourth-order valence-corrected chi connectivity index (χ4v) is 4.25. The molecule has 0 saturated heterocycles. The van der Waals surface area contributed by atoms with Crippen molar-refractivity contribution in [2.24, 2.45) is 5.92 Å². The lowest BCUT2D eigenvalue weighted by Gasteiger charge is -2.10. The summed E-state index contributed by atoms with van der Waals surface area (Å²) in [5.74, 6) is -2.74. The second-order valence-electron chi connectivity index (χ2n) is 7.95. The molecule has 0 aromatic heterocycles. The molecule has 3 N–H and O–H groups in total. The minimum absolute atomic E-state index is 0.215. The van der Waals surface area contributed by atoms with Gasteiger partial charge >= 0.3 is 0 Å². The molecule has 2 aliphatic rings. The smallest absolute Gasteiger partial charge is 0.249 e. The van der Waals surface area contributed by atoms with Gasteiger partial charge in [-0.15, -0.1) is 0 Å². The van der Waals surface area contributed by atoms with E-state index in [0.717, 1.165) is 33.2 Å². The predicted molar refractivity (Wildman–Crippen MR) is 128 cm³/mol. The van der Waals surface area contributed by atoms with Crippen molar-refractivity contribution in [1.29, 1.82) is 5.26 Å². The molecule has 6 nitrogen and oxygen atoms in total. The van der Waals surface area contributed by atoms with Crippen molar-refractivity contribution >= 4 is 28.2 Å². The number of hydrogen-bond donors (Lipinski definition) is 3. The van der Waals surface area contributed by atoms with Gasteiger partial charge in [-0.25, -0.2) is 0 Å². The topological polar surface area (TPSA) is 102 Å². The van der Waals surface area contributed by atoms with E-state index in [9.17, 15) is 14.9 Å². The summed E-state index contributed by atoms with van der Waals surface area (Å²) >= 11 is 0. The summed E-state index contributed by atoms with van der Waals surface area (Å²) < 4.78 is 0. The minimum atomic E-state index is -1.50. The highest BCUT2D eigenvalue weighted by atomic mass is 16.2. The van der Waals surface area contributed by atoms with Gasteiger partial charge in [-0.2, -0.15) is 5.26 Å². The van der Waals surface area contributed by atoms with Crippen LogP contribution in [0.15, 0.2) is 78.9 Å². The molecular formula is C27H20N4O2. The Hall–Kier alpha value is -4.63. The second kappa shape index (κ2) is 8.13. The van der Waals surface area contributed by atoms with Crippen LogP contribution in [0, 0.1) is 24.2 Å². The van der Waals surface area contributed by atoms with E-state index in [1.54, 1.807) is 24.3 Å². The minimum Gasteiger partial charge on any atom is -0.325 e. The van der Waals surface area contributed by atoms with E-state index in [1.807, 2.05) is 61.5 Å². The van der Waals surface area contributed by atoms with E-state index in [1.165, 1.54) is 0 Å². The van der Waals surface area contributed by atoms with Crippen LogP contribution < -0.4 is 5.32 Å². The van der Waals surface area contributed by atoms with E-state index >= 15 is 0 Å². The number of nitriles is 1. The van der Waals surface area contributed by atoms with Gasteiger partial charge in [0.25, 0.3) is 0 Å². The number of fused-ring (bicyclic) bond motifs is 3. The molecule has 0 spiro atoms. The molecule has 1 heterocycles. The van der Waals surface area contributed by atoms with Crippen molar-refractivity contribution in [3.8, 4) is 28.5 Å². The van der Waals surface area contributed by atoms with Crippen LogP contribution in [0.3, 0.4) is 0 Å². The first-order valence-electron chi connectivity index (χ1n) is 10.6. The fourth-order valence-electron chi connectivity index (χ4n) is 4.25. The van der Waals surface area contributed by atoms with Gasteiger partial charge in [-0.05, 0) is 30.0 Å². The average Bonchev–Trinajstić information content (AvgIpc) is 3.38. The van der Waals surface area contributed by atoms with Crippen molar-refractivity contribution in [3.05, 3.63) is 90.1 Å². The number of aryl methyl sites for hydroxylation is 1. The largest absolute Gasteiger partial charge is 0.325 e. The quantitative estimate of drug-likeness (QED) is 0.251. The number of rotatable bonds is 5. The Bertz CT molecular complexity index is 1490. The van der Waals surface area contributed by atoms with Gasteiger partial charge in [-0.3, -0.25) is 19.8 Å². The Morgan fingerprint density at radius 1 is 0.879 bits per heavy atom. The molecule has 33 heavy (non-hydrogen) atoms. The third-order valence-electron chi connectivity index (χ3n) is 5.78. The Labute approximate surface area is 190 Å². The van der Waals surface area contributed by atoms with Gasteiger partial charge in [0.1, 0.15) is 5.69 Å². The summed E-state index contributed by atoms with van der Waals surface area (Å²) in [5, 5.41) is 20.4. The molecule has 1 unspecified atom stereocenters. The summed E-state index contributed by atoms with van der Waals surface area (Å²) in [4.78, 5) is 26.3. The van der Waals surface area contributed by atoms with Gasteiger partial charge in [0.2, 0.25) is 11.7 Å². The number of nitrogens with one attached hydrogen (secondary N) is 3. The third kappa shape index (κ3) is 3.46. The van der Waals surface area contributed by atoms with Gasteiger partial charge in [-0.1, -0.05) is 72.3 Å². The number of carbonyl (C=O) groups excluding carboxylic acids is 2. The number of benzene rings is 3. The summed E-state index contributed by atoms with van der Waals surface area (Å²) in [6.07, 6.45) is 0. The van der Waals surface area contributed by atoms with Crippen LogP contribution in [0.5, 0.6) is 0 Å². The Balaban J connectivity index is 1.63. The maximum absolute atomic E-state index is 13.5. The fraction of sp³-hybridized carbons (Fsp3) is 0.0741. The van der Waals surface area contributed by atoms with E-state index in [2.05, 4.69) is 21.6 Å². The first-order chi connectivity index (χ1) is 16.1. The highest BCUT2D eigenvalue weighted by Gasteiger charge is 2.34. The Morgan fingerprint density at radius 2 is 1.58 bits per heavy atom. The summed E-state index contributed by atoms with van der Waals surface area (Å²) in [7, 11) is 0. The molecule has 1 aliphatic heterocycles. The Morgan fingerprint density at radius 3 is 2.27 bits per heavy atom. The number of hydrogen-bond acceptors (Lipinski definition) is 3. The molecule has 160 valence electrons. The summed E-state index contributed by atoms with van der Waals surface area (Å²) in [6, 6.07) is 26.6. The molecule has 5 rings (SSSR count). The molecule has 0 fully saturated rings. The molecule has 0 saturated carbocycles. The Kier molecular flexibility index (Phi) is 5.00. The molecule has 3 aromatic rings. The van der Waals surface area contributed by atoms with Gasteiger partial charge < -0.3 is 5.32 Å². The highest BCUT2D eigenvalue weighted by Crippen LogP contribution is 2.46. The molecule has 0 radical (unpaired) electrons. The number of amides is 1. The van der Waals surface area contributed by atoms with Crippen molar-refractivity contribution in [2.75, 3.05) is 5.32 Å². The van der Waals surface area contributed by atoms with Crippen molar-refractivity contribution < 1.29 is 9.59 Å². The van der Waals surface area contributed by atoms with Gasteiger partial charge in [0.05, 0.1) is 11.8 Å². The summed E-state index contributed by atoms with van der Waals surface area (Å²) in [6.45, 7) is 2.02. The second-order valence-corrected chi connectivity index (χ2v) is 7.95. The van der Waals surface area contributed by atoms with E-state index in [-0.39, 0.29) is 5.69 Å². The molecule has 1 atom stereocenters. The lowest BCUT2D eigenvalue weighted by Crippen LogP contribution is -2.29. The first kappa shape index (κ1) is 20.3. The number of carbonyl (C=O) groups is 2. The van der Waals surface area contributed by atoms with Crippen molar-refractivity contribution in [3.63, 3.8) is 0 Å². The van der Waals surface area contributed by atoms with Crippen molar-refractivity contribution in [1.82, 2.24) is 10.2 Å². The van der Waals surface area contributed by atoms with Crippen LogP contribution in [0.2, 0.25) is 0 Å². The lowest BCUT2D eigenvalue weighted by atomic mass is 9.94. The number of H-pyrrole nitrogens is 2. The normalized spacial score (nSPS) is 11.9. The van der Waals surface area contributed by atoms with Gasteiger partial charge in [0, 0.05) is 22.2 Å². The number of para-hydroxylation sites is 1. The first-order valence-corrected chi connectivity index (χ1v) is 10.6. The standard InChI is InChI=1S/C27H20N4O2/c1-16-12-13-19-20(14-16)22(17-8-4-2-5-9-17)23-24(19)30-31-25(23)26(32)21(15-28)27(33)29-18-10-6-3-7-11-18/h2-14,21,30-31H,1H3,(H,29,33). The monoisotopic (exact) mass is 432 g/mol. The zero-order valence-corrected chi connectivity index (χ0v) is 17.8. The molecule has 6 heteroatoms. The van der Waals surface area contributed by atoms with Crippen molar-refractivity contribution in [2.45, 2.75) is 6.92 Å². The third-order valence-corrected chi connectivity index (χ3v) is 5.78. The average molecular weight is 432 g/mol. The molecule has 1 amide bonds. The number of aromatic nitrogens is 2. The van der Waals surface area contributed by atoms with Crippen LogP contribution in [0.25, 0.3) is 33.2 Å². The predicted octanol–water partition coefficient (Wildman–Crippen LogP) is 5.54. The number of anilines is 1. The molecule has 0 bridgehead atoms. The van der Waals surface area contributed by atoms with E-state index in [0.29, 0.717) is 11.3 Å². The van der Waals surface area contributed by atoms with E-state index < -0.39 is 17.6 Å². The maximum atomic E-state index is 13.5. The van der Waals surface area contributed by atoms with Crippen LogP contribution in [0.1, 0.15) is 16.1 Å². The number of nitrogens with zero attached hydrogens (tertiary/aromatic N) is 1. The van der Waals surface area contributed by atoms with Crippen LogP contribution in [-0.2, 0) is 4.79 Å². The zero-order valence-electron chi connectivity index (χ0n) is 17.8. The summed E-state index contributed by atoms with van der Waals surface area (Å²) in [5.41, 5.74) is 5.14. The number of aromatic amines is 2. The number of ketones is 1. The van der Waals surface area contributed by atoms with E-state index in [4.69, 9.17) is 0 Å². The SMILES string of the molecule is Cc1ccc2c3[nH][nH]c(C(=O)C(C#N)C(=O)Nc4ccccc4)c-3c(-c3ccccc3)c2c1. The van der Waals surface area contributed by atoms with Gasteiger partial charge in [0.15, 0.2) is 5.92 Å². The molecule has 3 aromatic carbocycles. The maximum Gasteiger partial charge on any atom is 0.249 e. The highest BCUT2D eigenvalue weighted by molar-refractivity contribution is 6.22. The number of Topliss-reactive ketones (excluding diaryl/α,β-unsaturated/α-hetero) is 1. The van der Waals surface area contributed by atoms with Crippen LogP contribution in [-0.4, -0.2) is 21.9 Å². The zero-order chi connectivity index (χ0) is 22.9.